The standard InChI is InChI=1S/C27H35N7O2/c1-33-9-6-19(18-33)20-16-30-27(31-17-20)32-21-2-4-23(5-3-21)36-25-15-22(34-10-12-35-13-11-34)14-24-26(25)29-8-7-28-24/h7-8,14-17,19,21,23H,2-6,9-13,18H2,1H3,(H,30,31,32). The van der Waals surface area contributed by atoms with Crippen LogP contribution in [0.2, 0.25) is 0 Å². The number of nitrogens with one attached hydrogen (secondary N) is 1. The number of likely N-dealkylation sites (N-methyl/N-ethyl adjacent to an activating group) is 1. The van der Waals surface area contributed by atoms with Crippen molar-refractivity contribution in [3.63, 3.8) is 0 Å². The second kappa shape index (κ2) is 10.5. The number of benzene rings is 1. The number of likely N-dealkylation sites (tertiary alicyclic amines) is 1. The zero-order chi connectivity index (χ0) is 24.3. The van der Waals surface area contributed by atoms with Gasteiger partial charge >= 0.3 is 0 Å². The minimum atomic E-state index is 0.163. The Morgan fingerprint density at radius 1 is 0.917 bits per heavy atom. The summed E-state index contributed by atoms with van der Waals surface area (Å²) in [5.74, 6) is 2.11. The van der Waals surface area contributed by atoms with E-state index in [2.05, 4.69) is 54.2 Å². The molecule has 1 aliphatic carbocycles. The smallest absolute Gasteiger partial charge is 0.222 e. The number of hydrogen-bond acceptors (Lipinski definition) is 9. The van der Waals surface area contributed by atoms with Gasteiger partial charge in [0.2, 0.25) is 5.95 Å². The van der Waals surface area contributed by atoms with Crippen LogP contribution < -0.4 is 15.0 Å². The Morgan fingerprint density at radius 3 is 2.44 bits per heavy atom. The van der Waals surface area contributed by atoms with Crippen molar-refractivity contribution in [3.8, 4) is 5.75 Å². The molecule has 36 heavy (non-hydrogen) atoms. The fourth-order valence-corrected chi connectivity index (χ4v) is 5.64. The lowest BCUT2D eigenvalue weighted by Gasteiger charge is -2.31. The lowest BCUT2D eigenvalue weighted by Crippen LogP contribution is -2.36. The predicted molar refractivity (Wildman–Crippen MR) is 140 cm³/mol. The first-order chi connectivity index (χ1) is 17.7. The van der Waals surface area contributed by atoms with Gasteiger partial charge < -0.3 is 24.6 Å². The van der Waals surface area contributed by atoms with Gasteiger partial charge in [-0.25, -0.2) is 15.0 Å². The molecule has 4 heterocycles. The van der Waals surface area contributed by atoms with Gasteiger partial charge in [0, 0.05) is 68.1 Å². The van der Waals surface area contributed by atoms with Crippen molar-refractivity contribution in [3.05, 3.63) is 42.5 Å². The molecular formula is C27H35N7O2. The number of ether oxygens (including phenoxy) is 2. The van der Waals surface area contributed by atoms with Crippen molar-refractivity contribution in [2.24, 2.45) is 0 Å². The van der Waals surface area contributed by atoms with Gasteiger partial charge in [-0.1, -0.05) is 0 Å². The van der Waals surface area contributed by atoms with Crippen molar-refractivity contribution in [2.45, 2.75) is 50.2 Å². The van der Waals surface area contributed by atoms with Gasteiger partial charge in [-0.2, -0.15) is 0 Å². The average molecular weight is 490 g/mol. The second-order valence-corrected chi connectivity index (χ2v) is 10.3. The van der Waals surface area contributed by atoms with Crippen LogP contribution in [0.4, 0.5) is 11.6 Å². The second-order valence-electron chi connectivity index (χ2n) is 10.3. The van der Waals surface area contributed by atoms with Crippen LogP contribution in [-0.4, -0.2) is 83.4 Å². The summed E-state index contributed by atoms with van der Waals surface area (Å²) in [6.45, 7) is 5.49. The monoisotopic (exact) mass is 489 g/mol. The molecule has 2 saturated heterocycles. The van der Waals surface area contributed by atoms with Crippen LogP contribution in [0.1, 0.15) is 43.6 Å². The molecule has 2 aromatic heterocycles. The van der Waals surface area contributed by atoms with Crippen LogP contribution in [0.5, 0.6) is 5.75 Å². The van der Waals surface area contributed by atoms with E-state index in [-0.39, 0.29) is 6.10 Å². The van der Waals surface area contributed by atoms with Crippen LogP contribution in [0.25, 0.3) is 11.0 Å². The molecule has 6 rings (SSSR count). The van der Waals surface area contributed by atoms with Gasteiger partial charge in [0.05, 0.1) is 24.8 Å². The SMILES string of the molecule is CN1CCC(c2cnc(NC3CCC(Oc4cc(N5CCOCC5)cc5nccnc45)CC3)nc2)C1. The molecule has 1 aromatic carbocycles. The molecule has 1 N–H and O–H groups in total. The summed E-state index contributed by atoms with van der Waals surface area (Å²) in [5, 5.41) is 3.54. The Balaban J connectivity index is 1.07. The third kappa shape index (κ3) is 5.22. The fourth-order valence-electron chi connectivity index (χ4n) is 5.64. The van der Waals surface area contributed by atoms with Crippen molar-refractivity contribution < 1.29 is 9.47 Å². The molecule has 1 unspecified atom stereocenters. The molecule has 9 nitrogen and oxygen atoms in total. The maximum Gasteiger partial charge on any atom is 0.222 e. The quantitative estimate of drug-likeness (QED) is 0.559. The average Bonchev–Trinajstić information content (AvgIpc) is 3.37. The van der Waals surface area contributed by atoms with Gasteiger partial charge in [0.1, 0.15) is 11.3 Å². The van der Waals surface area contributed by atoms with Crippen molar-refractivity contribution >= 4 is 22.7 Å². The van der Waals surface area contributed by atoms with E-state index in [0.717, 1.165) is 93.5 Å². The molecule has 0 amide bonds. The van der Waals surface area contributed by atoms with Crippen LogP contribution in [0, 0.1) is 0 Å². The third-order valence-corrected chi connectivity index (χ3v) is 7.74. The molecule has 3 aromatic rings. The molecule has 190 valence electrons. The van der Waals surface area contributed by atoms with Gasteiger partial charge in [0.15, 0.2) is 0 Å². The predicted octanol–water partition coefficient (Wildman–Crippen LogP) is 3.48. The minimum absolute atomic E-state index is 0.163. The zero-order valence-corrected chi connectivity index (χ0v) is 21.0. The Kier molecular flexibility index (Phi) is 6.83. The van der Waals surface area contributed by atoms with Gasteiger partial charge in [-0.05, 0) is 57.3 Å². The summed E-state index contributed by atoms with van der Waals surface area (Å²) in [6, 6.07) is 4.60. The Bertz CT molecular complexity index is 1160. The summed E-state index contributed by atoms with van der Waals surface area (Å²) in [4.78, 5) is 23.1. The maximum absolute atomic E-state index is 6.56. The molecule has 2 aliphatic heterocycles. The highest BCUT2D eigenvalue weighted by molar-refractivity contribution is 5.85. The third-order valence-electron chi connectivity index (χ3n) is 7.74. The Labute approximate surface area is 212 Å². The first kappa shape index (κ1) is 23.4. The minimum Gasteiger partial charge on any atom is -0.488 e. The fraction of sp³-hybridized carbons (Fsp3) is 0.556. The van der Waals surface area contributed by atoms with E-state index in [4.69, 9.17) is 9.47 Å². The van der Waals surface area contributed by atoms with Crippen LogP contribution in [-0.2, 0) is 4.74 Å². The summed E-state index contributed by atoms with van der Waals surface area (Å²) in [7, 11) is 2.17. The van der Waals surface area contributed by atoms with Gasteiger partial charge in [0.25, 0.3) is 0 Å². The van der Waals surface area contributed by atoms with E-state index >= 15 is 0 Å². The number of nitrogens with zero attached hydrogens (tertiary/aromatic N) is 6. The molecule has 9 heteroatoms. The van der Waals surface area contributed by atoms with E-state index in [1.807, 2.05) is 12.4 Å². The number of rotatable bonds is 6. The molecule has 1 atom stereocenters. The summed E-state index contributed by atoms with van der Waals surface area (Å²) < 4.78 is 12.1. The van der Waals surface area contributed by atoms with Crippen LogP contribution >= 0.6 is 0 Å². The molecule has 0 radical (unpaired) electrons. The van der Waals surface area contributed by atoms with E-state index in [1.165, 1.54) is 12.0 Å². The lowest BCUT2D eigenvalue weighted by atomic mass is 9.93. The van der Waals surface area contributed by atoms with Crippen LogP contribution in [0.15, 0.2) is 36.9 Å². The lowest BCUT2D eigenvalue weighted by molar-refractivity contribution is 0.122. The number of fused-ring (bicyclic) bond motifs is 1. The van der Waals surface area contributed by atoms with E-state index in [1.54, 1.807) is 12.4 Å². The topological polar surface area (TPSA) is 88.5 Å². The maximum atomic E-state index is 6.56. The summed E-state index contributed by atoms with van der Waals surface area (Å²) >= 11 is 0. The largest absolute Gasteiger partial charge is 0.488 e. The van der Waals surface area contributed by atoms with E-state index in [0.29, 0.717) is 12.0 Å². The Hall–Kier alpha value is -3.04. The molecule has 0 bridgehead atoms. The molecular weight excluding hydrogens is 454 g/mol. The summed E-state index contributed by atoms with van der Waals surface area (Å²) in [6.07, 6.45) is 12.8. The number of anilines is 2. The molecule has 0 spiro atoms. The highest BCUT2D eigenvalue weighted by Crippen LogP contribution is 2.33. The van der Waals surface area contributed by atoms with Crippen molar-refractivity contribution in [2.75, 3.05) is 56.7 Å². The number of morpholine rings is 1. The van der Waals surface area contributed by atoms with E-state index in [9.17, 15) is 0 Å². The van der Waals surface area contributed by atoms with E-state index < -0.39 is 0 Å². The first-order valence-corrected chi connectivity index (χ1v) is 13.2. The normalized spacial score (nSPS) is 25.2. The molecule has 1 saturated carbocycles. The summed E-state index contributed by atoms with van der Waals surface area (Å²) in [5.41, 5.74) is 4.08. The first-order valence-electron chi connectivity index (χ1n) is 13.2. The van der Waals surface area contributed by atoms with Crippen molar-refractivity contribution in [1.82, 2.24) is 24.8 Å². The van der Waals surface area contributed by atoms with Gasteiger partial charge in [-0.3, -0.25) is 4.98 Å². The highest BCUT2D eigenvalue weighted by atomic mass is 16.5. The zero-order valence-electron chi connectivity index (χ0n) is 21.0. The van der Waals surface area contributed by atoms with Crippen LogP contribution in [0.3, 0.4) is 0 Å². The van der Waals surface area contributed by atoms with Gasteiger partial charge in [-0.15, -0.1) is 0 Å². The highest BCUT2D eigenvalue weighted by Gasteiger charge is 2.25. The number of aromatic nitrogens is 4. The Morgan fingerprint density at radius 2 is 1.69 bits per heavy atom. The number of hydrogen-bond donors (Lipinski definition) is 1. The van der Waals surface area contributed by atoms with Crippen molar-refractivity contribution in [1.29, 1.82) is 0 Å². The molecule has 3 aliphatic rings. The molecule has 3 fully saturated rings.